The average Bonchev–Trinajstić information content (AvgIpc) is 2.47. The van der Waals surface area contributed by atoms with Gasteiger partial charge in [-0.05, 0) is 36.8 Å². The van der Waals surface area contributed by atoms with Crippen LogP contribution in [0.25, 0.3) is 4.85 Å². The Morgan fingerprint density at radius 2 is 1.67 bits per heavy atom. The van der Waals surface area contributed by atoms with E-state index < -0.39 is 15.2 Å². The molecule has 21 heavy (non-hydrogen) atoms. The number of nitrogens with zero attached hydrogens (tertiary/aromatic N) is 1. The van der Waals surface area contributed by atoms with Crippen LogP contribution in [-0.4, -0.2) is 13.8 Å². The molecule has 0 fully saturated rings. The fraction of sp³-hybridized carbons (Fsp3) is 0.188. The quantitative estimate of drug-likeness (QED) is 0.812. The van der Waals surface area contributed by atoms with Gasteiger partial charge >= 0.3 is 5.37 Å². The third-order valence-corrected chi connectivity index (χ3v) is 5.09. The summed E-state index contributed by atoms with van der Waals surface area (Å²) >= 11 is 0. The molecule has 5 heteroatoms. The molecule has 0 aliphatic rings. The maximum Gasteiger partial charge on any atom is 0.329 e. The molecule has 2 aromatic carbocycles. The second kappa shape index (κ2) is 6.06. The van der Waals surface area contributed by atoms with Crippen molar-refractivity contribution in [2.24, 2.45) is 0 Å². The molecule has 0 aromatic heterocycles. The fourth-order valence-corrected chi connectivity index (χ4v) is 3.31. The first-order valence-electron chi connectivity index (χ1n) is 6.35. The van der Waals surface area contributed by atoms with E-state index in [1.165, 1.54) is 36.4 Å². The molecule has 0 saturated heterocycles. The van der Waals surface area contributed by atoms with Crippen molar-refractivity contribution in [2.75, 3.05) is 0 Å². The highest BCUT2D eigenvalue weighted by molar-refractivity contribution is 7.92. The maximum absolute atomic E-state index is 12.9. The first-order chi connectivity index (χ1) is 9.93. The lowest BCUT2D eigenvalue weighted by Gasteiger charge is -2.08. The van der Waals surface area contributed by atoms with Crippen molar-refractivity contribution in [3.05, 3.63) is 76.9 Å². The molecule has 0 amide bonds. The molecule has 0 heterocycles. The summed E-state index contributed by atoms with van der Waals surface area (Å²) in [5.74, 6) is -0.389. The molecule has 0 bridgehead atoms. The number of benzene rings is 2. The van der Waals surface area contributed by atoms with Crippen LogP contribution in [-0.2, 0) is 16.3 Å². The van der Waals surface area contributed by atoms with E-state index in [-0.39, 0.29) is 17.1 Å². The van der Waals surface area contributed by atoms with Gasteiger partial charge < -0.3 is 0 Å². The predicted molar refractivity (Wildman–Crippen MR) is 78.9 cm³/mol. The Balaban J connectivity index is 2.30. The van der Waals surface area contributed by atoms with Gasteiger partial charge in [-0.25, -0.2) is 19.4 Å². The highest BCUT2D eigenvalue weighted by Gasteiger charge is 2.32. The highest BCUT2D eigenvalue weighted by Crippen LogP contribution is 2.21. The van der Waals surface area contributed by atoms with E-state index in [0.717, 1.165) is 5.56 Å². The summed E-state index contributed by atoms with van der Waals surface area (Å²) in [5, 5.41) is -1.20. The van der Waals surface area contributed by atoms with Crippen LogP contribution in [0.5, 0.6) is 0 Å². The van der Waals surface area contributed by atoms with E-state index in [4.69, 9.17) is 6.57 Å². The molecular weight excluding hydrogens is 289 g/mol. The zero-order chi connectivity index (χ0) is 15.5. The van der Waals surface area contributed by atoms with Crippen LogP contribution in [0.1, 0.15) is 11.1 Å². The monoisotopic (exact) mass is 303 g/mol. The van der Waals surface area contributed by atoms with Gasteiger partial charge in [0.15, 0.2) is 0 Å². The van der Waals surface area contributed by atoms with E-state index in [9.17, 15) is 12.8 Å². The van der Waals surface area contributed by atoms with Gasteiger partial charge in [0.05, 0.1) is 11.3 Å². The summed E-state index contributed by atoms with van der Waals surface area (Å²) in [6.45, 7) is 9.03. The van der Waals surface area contributed by atoms with Crippen molar-refractivity contribution in [3.8, 4) is 0 Å². The van der Waals surface area contributed by atoms with Crippen LogP contribution in [0.15, 0.2) is 53.4 Å². The predicted octanol–water partition coefficient (Wildman–Crippen LogP) is 3.40. The van der Waals surface area contributed by atoms with Crippen molar-refractivity contribution in [1.82, 2.24) is 0 Å². The topological polar surface area (TPSA) is 38.5 Å². The van der Waals surface area contributed by atoms with Gasteiger partial charge in [0.25, 0.3) is 9.84 Å². The van der Waals surface area contributed by atoms with E-state index in [0.29, 0.717) is 5.56 Å². The fourth-order valence-electron chi connectivity index (χ4n) is 1.93. The maximum atomic E-state index is 12.9. The second-order valence-electron chi connectivity index (χ2n) is 4.77. The van der Waals surface area contributed by atoms with E-state index in [1.807, 2.05) is 6.92 Å². The number of sulfone groups is 1. The van der Waals surface area contributed by atoms with Gasteiger partial charge in [-0.15, -0.1) is 0 Å². The normalized spacial score (nSPS) is 12.6. The lowest BCUT2D eigenvalue weighted by atomic mass is 10.1. The zero-order valence-electron chi connectivity index (χ0n) is 11.5. The number of halogens is 1. The Bertz CT molecular complexity index is 759. The Kier molecular flexibility index (Phi) is 4.39. The SMILES string of the molecule is [C-]#[N+][C@@H](Cc1ccc(F)cc1)S(=O)(=O)c1ccc(C)cc1. The van der Waals surface area contributed by atoms with Gasteiger partial charge in [0.2, 0.25) is 0 Å². The molecule has 2 aromatic rings. The summed E-state index contributed by atoms with van der Waals surface area (Å²) in [7, 11) is -3.72. The molecule has 0 unspecified atom stereocenters. The van der Waals surface area contributed by atoms with Crippen molar-refractivity contribution < 1.29 is 12.8 Å². The van der Waals surface area contributed by atoms with Crippen LogP contribution in [0.4, 0.5) is 4.39 Å². The smallest absolute Gasteiger partial charge is 0.296 e. The van der Waals surface area contributed by atoms with Crippen LogP contribution in [0.2, 0.25) is 0 Å². The Morgan fingerprint density at radius 3 is 2.19 bits per heavy atom. The molecule has 0 aliphatic carbocycles. The Hall–Kier alpha value is -2.19. The standard InChI is InChI=1S/C16H14FNO2S/c1-12-3-9-15(10-4-12)21(19,20)16(18-2)11-13-5-7-14(17)8-6-13/h3-10,16H,11H2,1H3/t16-/m1/s1. The first kappa shape index (κ1) is 15.2. The minimum atomic E-state index is -3.72. The Labute approximate surface area is 123 Å². The van der Waals surface area contributed by atoms with Crippen molar-refractivity contribution in [2.45, 2.75) is 23.6 Å². The third-order valence-electron chi connectivity index (χ3n) is 3.18. The van der Waals surface area contributed by atoms with Crippen molar-refractivity contribution in [1.29, 1.82) is 0 Å². The number of hydrogen-bond acceptors (Lipinski definition) is 2. The lowest BCUT2D eigenvalue weighted by molar-refractivity contribution is 0.587. The Morgan fingerprint density at radius 1 is 1.10 bits per heavy atom. The minimum absolute atomic E-state index is 0.0417. The molecule has 0 aliphatic heterocycles. The van der Waals surface area contributed by atoms with Crippen molar-refractivity contribution in [3.63, 3.8) is 0 Å². The molecule has 1 atom stereocenters. The molecule has 0 radical (unpaired) electrons. The van der Waals surface area contributed by atoms with Gasteiger partial charge in [0, 0.05) is 0 Å². The third kappa shape index (κ3) is 3.47. The summed E-state index contributed by atoms with van der Waals surface area (Å²) in [6.07, 6.45) is 0.0417. The molecule has 2 rings (SSSR count). The van der Waals surface area contributed by atoms with Crippen LogP contribution in [0.3, 0.4) is 0 Å². The molecule has 108 valence electrons. The summed E-state index contributed by atoms with van der Waals surface area (Å²) in [5.41, 5.74) is 1.57. The summed E-state index contributed by atoms with van der Waals surface area (Å²) < 4.78 is 37.8. The minimum Gasteiger partial charge on any atom is -0.296 e. The van der Waals surface area contributed by atoms with Gasteiger partial charge in [0.1, 0.15) is 5.82 Å². The van der Waals surface area contributed by atoms with Crippen molar-refractivity contribution >= 4 is 9.84 Å². The summed E-state index contributed by atoms with van der Waals surface area (Å²) in [6, 6.07) is 11.9. The van der Waals surface area contributed by atoms with Gasteiger partial charge in [-0.3, -0.25) is 4.85 Å². The number of hydrogen-bond donors (Lipinski definition) is 0. The second-order valence-corrected chi connectivity index (χ2v) is 6.88. The van der Waals surface area contributed by atoms with Crippen LogP contribution < -0.4 is 0 Å². The largest absolute Gasteiger partial charge is 0.329 e. The first-order valence-corrected chi connectivity index (χ1v) is 7.89. The van der Waals surface area contributed by atoms with E-state index in [2.05, 4.69) is 4.85 Å². The number of aryl methyl sites for hydroxylation is 1. The summed E-state index contributed by atoms with van der Waals surface area (Å²) in [4.78, 5) is 3.38. The van der Waals surface area contributed by atoms with Gasteiger partial charge in [-0.2, -0.15) is 0 Å². The molecule has 0 N–H and O–H groups in total. The molecule has 0 spiro atoms. The average molecular weight is 303 g/mol. The molecule has 3 nitrogen and oxygen atoms in total. The van der Waals surface area contributed by atoms with E-state index in [1.54, 1.807) is 12.1 Å². The highest BCUT2D eigenvalue weighted by atomic mass is 32.2. The lowest BCUT2D eigenvalue weighted by Crippen LogP contribution is -2.20. The molecule has 0 saturated carbocycles. The number of rotatable bonds is 4. The van der Waals surface area contributed by atoms with Gasteiger partial charge in [-0.1, -0.05) is 29.8 Å². The van der Waals surface area contributed by atoms with E-state index >= 15 is 0 Å². The molecular formula is C16H14FNO2S. The van der Waals surface area contributed by atoms with Crippen LogP contribution in [0, 0.1) is 19.3 Å². The zero-order valence-corrected chi connectivity index (χ0v) is 12.3. The van der Waals surface area contributed by atoms with Crippen LogP contribution >= 0.6 is 0 Å².